The van der Waals surface area contributed by atoms with Crippen LogP contribution in [-0.2, 0) is 20.5 Å². The third-order valence-corrected chi connectivity index (χ3v) is 3.68. The summed E-state index contributed by atoms with van der Waals surface area (Å²) < 4.78 is 4.21. The number of benzene rings is 1. The van der Waals surface area contributed by atoms with Gasteiger partial charge >= 0.3 is 0 Å². The van der Waals surface area contributed by atoms with Gasteiger partial charge < -0.3 is 14.9 Å². The smallest absolute Gasteiger partial charge is 0.0481 e. The lowest BCUT2D eigenvalue weighted by molar-refractivity contribution is 0.721. The summed E-state index contributed by atoms with van der Waals surface area (Å²) in [5, 5.41) is 1.26. The quantitative estimate of drug-likeness (QED) is 0.765. The van der Waals surface area contributed by atoms with E-state index in [0.29, 0.717) is 0 Å². The predicted molar refractivity (Wildman–Crippen MR) is 79.0 cm³/mol. The van der Waals surface area contributed by atoms with Gasteiger partial charge in [-0.15, -0.1) is 0 Å². The van der Waals surface area contributed by atoms with Gasteiger partial charge in [0.05, 0.1) is 0 Å². The zero-order valence-corrected chi connectivity index (χ0v) is 11.4. The lowest BCUT2D eigenvalue weighted by Gasteiger charge is -2.09. The van der Waals surface area contributed by atoms with Gasteiger partial charge in [-0.3, -0.25) is 0 Å². The highest BCUT2D eigenvalue weighted by Crippen LogP contribution is 2.26. The molecule has 3 nitrogen and oxygen atoms in total. The van der Waals surface area contributed by atoms with E-state index in [4.69, 9.17) is 5.73 Å². The Balaban J connectivity index is 1.95. The minimum absolute atomic E-state index is 0.0356. The average Bonchev–Trinajstić information content (AvgIpc) is 2.95. The molecule has 0 saturated heterocycles. The molecule has 0 fully saturated rings. The van der Waals surface area contributed by atoms with Crippen molar-refractivity contribution in [3.05, 3.63) is 60.0 Å². The Hall–Kier alpha value is -2.00. The third-order valence-electron chi connectivity index (χ3n) is 3.68. The number of aryl methyl sites for hydroxylation is 2. The molecule has 1 aromatic carbocycles. The predicted octanol–water partition coefficient (Wildman–Crippen LogP) is 2.76. The summed E-state index contributed by atoms with van der Waals surface area (Å²) in [6.07, 6.45) is 7.21. The monoisotopic (exact) mass is 253 g/mol. The van der Waals surface area contributed by atoms with Crippen LogP contribution in [0, 0.1) is 0 Å². The van der Waals surface area contributed by atoms with Crippen molar-refractivity contribution in [3.8, 4) is 0 Å². The first-order chi connectivity index (χ1) is 9.15. The first kappa shape index (κ1) is 12.1. The van der Waals surface area contributed by atoms with E-state index in [9.17, 15) is 0 Å². The fourth-order valence-corrected chi connectivity index (χ4v) is 2.71. The van der Waals surface area contributed by atoms with Crippen LogP contribution in [0.3, 0.4) is 0 Å². The van der Waals surface area contributed by atoms with Gasteiger partial charge in [0.15, 0.2) is 0 Å². The molecule has 2 N–H and O–H groups in total. The molecule has 0 radical (unpaired) electrons. The summed E-state index contributed by atoms with van der Waals surface area (Å²) >= 11 is 0. The van der Waals surface area contributed by atoms with Gasteiger partial charge in [-0.05, 0) is 29.7 Å². The SMILES string of the molecule is Cn1ccc(CC(N)c2cn(C)c3ccccc23)c1. The Morgan fingerprint density at radius 3 is 2.63 bits per heavy atom. The molecule has 0 aliphatic carbocycles. The van der Waals surface area contributed by atoms with Crippen LogP contribution in [-0.4, -0.2) is 9.13 Å². The van der Waals surface area contributed by atoms with E-state index in [1.54, 1.807) is 0 Å². The maximum Gasteiger partial charge on any atom is 0.0481 e. The van der Waals surface area contributed by atoms with E-state index < -0.39 is 0 Å². The van der Waals surface area contributed by atoms with E-state index in [1.807, 2.05) is 7.05 Å². The molecule has 0 bridgehead atoms. The Bertz CT molecular complexity index is 706. The normalized spacial score (nSPS) is 13.0. The maximum absolute atomic E-state index is 6.39. The van der Waals surface area contributed by atoms with Gasteiger partial charge in [0.25, 0.3) is 0 Å². The molecule has 3 heteroatoms. The molecule has 2 heterocycles. The Labute approximate surface area is 113 Å². The zero-order chi connectivity index (χ0) is 13.4. The highest BCUT2D eigenvalue weighted by atomic mass is 14.9. The molecule has 19 heavy (non-hydrogen) atoms. The molecule has 2 aromatic heterocycles. The first-order valence-corrected chi connectivity index (χ1v) is 6.55. The number of hydrogen-bond acceptors (Lipinski definition) is 1. The Morgan fingerprint density at radius 2 is 1.89 bits per heavy atom. The van der Waals surface area contributed by atoms with Crippen LogP contribution >= 0.6 is 0 Å². The molecule has 1 atom stereocenters. The summed E-state index contributed by atoms with van der Waals surface area (Å²) in [6.45, 7) is 0. The number of fused-ring (bicyclic) bond motifs is 1. The Morgan fingerprint density at radius 1 is 1.11 bits per heavy atom. The van der Waals surface area contributed by atoms with Crippen molar-refractivity contribution in [1.29, 1.82) is 0 Å². The second kappa shape index (κ2) is 4.59. The lowest BCUT2D eigenvalue weighted by atomic mass is 10.0. The molecule has 0 saturated carbocycles. The molecular formula is C16H19N3. The molecule has 3 rings (SSSR count). The summed E-state index contributed by atoms with van der Waals surface area (Å²) in [6, 6.07) is 10.6. The number of aromatic nitrogens is 2. The van der Waals surface area contributed by atoms with Gasteiger partial charge in [-0.1, -0.05) is 18.2 Å². The minimum atomic E-state index is 0.0356. The molecule has 0 amide bonds. The number of rotatable bonds is 3. The van der Waals surface area contributed by atoms with Gasteiger partial charge in [0.2, 0.25) is 0 Å². The summed E-state index contributed by atoms with van der Waals surface area (Å²) in [5.74, 6) is 0. The maximum atomic E-state index is 6.39. The van der Waals surface area contributed by atoms with Crippen LogP contribution in [0.25, 0.3) is 10.9 Å². The Kier molecular flexibility index (Phi) is 2.91. The zero-order valence-electron chi connectivity index (χ0n) is 11.4. The molecule has 98 valence electrons. The molecule has 0 aliphatic rings. The van der Waals surface area contributed by atoms with Crippen LogP contribution in [0.15, 0.2) is 48.9 Å². The van der Waals surface area contributed by atoms with Crippen molar-refractivity contribution in [2.45, 2.75) is 12.5 Å². The molecule has 0 spiro atoms. The van der Waals surface area contributed by atoms with Crippen LogP contribution < -0.4 is 5.73 Å². The fraction of sp³-hybridized carbons (Fsp3) is 0.250. The van der Waals surface area contributed by atoms with Crippen molar-refractivity contribution in [2.75, 3.05) is 0 Å². The van der Waals surface area contributed by atoms with E-state index in [-0.39, 0.29) is 6.04 Å². The van der Waals surface area contributed by atoms with Crippen LogP contribution in [0.5, 0.6) is 0 Å². The van der Waals surface area contributed by atoms with Crippen molar-refractivity contribution in [2.24, 2.45) is 19.8 Å². The number of nitrogens with zero attached hydrogens (tertiary/aromatic N) is 2. The van der Waals surface area contributed by atoms with E-state index >= 15 is 0 Å². The molecule has 3 aromatic rings. The van der Waals surface area contributed by atoms with Crippen molar-refractivity contribution >= 4 is 10.9 Å². The van der Waals surface area contributed by atoms with E-state index in [1.165, 1.54) is 22.0 Å². The largest absolute Gasteiger partial charge is 0.357 e. The second-order valence-electron chi connectivity index (χ2n) is 5.21. The lowest BCUT2D eigenvalue weighted by Crippen LogP contribution is -2.12. The highest BCUT2D eigenvalue weighted by molar-refractivity contribution is 5.84. The first-order valence-electron chi connectivity index (χ1n) is 6.55. The standard InChI is InChI=1S/C16H19N3/c1-18-8-7-12(10-18)9-15(17)14-11-19(2)16-6-4-3-5-13(14)16/h3-8,10-11,15H,9,17H2,1-2H3. The van der Waals surface area contributed by atoms with Gasteiger partial charge in [-0.25, -0.2) is 0 Å². The molecule has 0 aliphatic heterocycles. The van der Waals surface area contributed by atoms with Gasteiger partial charge in [0.1, 0.15) is 0 Å². The summed E-state index contributed by atoms with van der Waals surface area (Å²) in [5.41, 5.74) is 10.1. The number of para-hydroxylation sites is 1. The average molecular weight is 253 g/mol. The minimum Gasteiger partial charge on any atom is -0.357 e. The van der Waals surface area contributed by atoms with Gasteiger partial charge in [0, 0.05) is 49.6 Å². The molecular weight excluding hydrogens is 234 g/mol. The summed E-state index contributed by atoms with van der Waals surface area (Å²) in [7, 11) is 4.11. The molecule has 1 unspecified atom stereocenters. The van der Waals surface area contributed by atoms with Crippen molar-refractivity contribution in [1.82, 2.24) is 9.13 Å². The van der Waals surface area contributed by atoms with E-state index in [0.717, 1.165) is 6.42 Å². The van der Waals surface area contributed by atoms with Crippen molar-refractivity contribution in [3.63, 3.8) is 0 Å². The summed E-state index contributed by atoms with van der Waals surface area (Å²) in [4.78, 5) is 0. The topological polar surface area (TPSA) is 35.9 Å². The number of nitrogens with two attached hydrogens (primary N) is 1. The van der Waals surface area contributed by atoms with E-state index in [2.05, 4.69) is 65.1 Å². The third kappa shape index (κ3) is 2.17. The fourth-order valence-electron chi connectivity index (χ4n) is 2.71. The van der Waals surface area contributed by atoms with Crippen LogP contribution in [0.2, 0.25) is 0 Å². The van der Waals surface area contributed by atoms with Crippen LogP contribution in [0.1, 0.15) is 17.2 Å². The second-order valence-corrected chi connectivity index (χ2v) is 5.21. The van der Waals surface area contributed by atoms with Crippen LogP contribution in [0.4, 0.5) is 0 Å². The number of hydrogen-bond donors (Lipinski definition) is 1. The highest BCUT2D eigenvalue weighted by Gasteiger charge is 2.14. The van der Waals surface area contributed by atoms with Crippen molar-refractivity contribution < 1.29 is 0 Å². The van der Waals surface area contributed by atoms with Gasteiger partial charge in [-0.2, -0.15) is 0 Å².